The number of esters is 3. The first-order valence-electron chi connectivity index (χ1n) is 9.61. The van der Waals surface area contributed by atoms with Crippen LogP contribution in [-0.2, 0) is 28.6 Å². The zero-order chi connectivity index (χ0) is 23.3. The fourth-order valence-corrected chi connectivity index (χ4v) is 4.42. The largest absolute Gasteiger partial charge is 0.474 e. The van der Waals surface area contributed by atoms with Crippen LogP contribution in [0.5, 0.6) is 5.75 Å². The van der Waals surface area contributed by atoms with Crippen LogP contribution < -0.4 is 4.74 Å². The van der Waals surface area contributed by atoms with E-state index in [1.165, 1.54) is 38.7 Å². The van der Waals surface area contributed by atoms with Crippen LogP contribution in [0.4, 0.5) is 0 Å². The van der Waals surface area contributed by atoms with E-state index in [9.17, 15) is 14.4 Å². The minimum absolute atomic E-state index is 0.280. The van der Waals surface area contributed by atoms with Crippen molar-refractivity contribution in [2.75, 3.05) is 5.75 Å². The molecule has 11 heteroatoms. The Kier molecular flexibility index (Phi) is 7.92. The summed E-state index contributed by atoms with van der Waals surface area (Å²) >= 11 is 7.09. The highest BCUT2D eigenvalue weighted by Crippen LogP contribution is 2.34. The fourth-order valence-electron chi connectivity index (χ4n) is 3.09. The van der Waals surface area contributed by atoms with Crippen LogP contribution in [0.1, 0.15) is 20.8 Å². The maximum Gasteiger partial charge on any atom is 0.303 e. The lowest BCUT2D eigenvalue weighted by Gasteiger charge is -2.39. The van der Waals surface area contributed by atoms with E-state index < -0.39 is 41.7 Å². The average Bonchev–Trinajstić information content (AvgIpc) is 2.72. The van der Waals surface area contributed by atoms with E-state index in [0.717, 1.165) is 5.56 Å². The lowest BCUT2D eigenvalue weighted by molar-refractivity contribution is -0.186. The lowest BCUT2D eigenvalue weighted by Crippen LogP contribution is -2.55. The number of hydrogen-bond acceptors (Lipinski definition) is 10. The highest BCUT2D eigenvalue weighted by atomic mass is 35.5. The highest BCUT2D eigenvalue weighted by Gasteiger charge is 2.47. The average molecular weight is 481 g/mol. The molecule has 0 radical (unpaired) electrons. The summed E-state index contributed by atoms with van der Waals surface area (Å²) in [6, 6.07) is 6.92. The van der Waals surface area contributed by atoms with Crippen LogP contribution in [0.2, 0.25) is 5.15 Å². The standard InChI is InChI=1S/C21H21ClN2O7S/c1-11(25)28-17-10-32-21(20(30-13(3)27)19(17)29-12(2)26)31-15-5-6-16(23-9-15)14-4-7-18(22)24-8-14/h4-9,17,19-21H,10H2,1-3H3/t17-,19+,20-,21+/m1/s1. The van der Waals surface area contributed by atoms with Crippen molar-refractivity contribution >= 4 is 41.3 Å². The van der Waals surface area contributed by atoms with Crippen LogP contribution in [0.3, 0.4) is 0 Å². The van der Waals surface area contributed by atoms with E-state index in [1.807, 2.05) is 0 Å². The molecular weight excluding hydrogens is 460 g/mol. The summed E-state index contributed by atoms with van der Waals surface area (Å²) in [5.74, 6) is -1.03. The number of aromatic nitrogens is 2. The van der Waals surface area contributed by atoms with Gasteiger partial charge >= 0.3 is 17.9 Å². The van der Waals surface area contributed by atoms with Crippen LogP contribution >= 0.6 is 23.4 Å². The van der Waals surface area contributed by atoms with Crippen molar-refractivity contribution in [2.24, 2.45) is 0 Å². The molecule has 1 aliphatic heterocycles. The van der Waals surface area contributed by atoms with Gasteiger partial charge in [-0.25, -0.2) is 4.98 Å². The number of carbonyl (C=O) groups excluding carboxylic acids is 3. The van der Waals surface area contributed by atoms with E-state index in [2.05, 4.69) is 9.97 Å². The predicted octanol–water partition coefficient (Wildman–Crippen LogP) is 3.04. The van der Waals surface area contributed by atoms with Crippen LogP contribution in [-0.4, -0.2) is 57.4 Å². The second-order valence-electron chi connectivity index (χ2n) is 6.86. The smallest absolute Gasteiger partial charge is 0.303 e. The molecule has 0 bridgehead atoms. The number of hydrogen-bond donors (Lipinski definition) is 0. The summed E-state index contributed by atoms with van der Waals surface area (Å²) in [5, 5.41) is 0.383. The van der Waals surface area contributed by atoms with E-state index in [4.69, 9.17) is 30.5 Å². The first-order valence-corrected chi connectivity index (χ1v) is 11.0. The third kappa shape index (κ3) is 6.33. The topological polar surface area (TPSA) is 114 Å². The van der Waals surface area contributed by atoms with Gasteiger partial charge < -0.3 is 18.9 Å². The number of ether oxygens (including phenoxy) is 4. The Morgan fingerprint density at radius 3 is 2.16 bits per heavy atom. The van der Waals surface area contributed by atoms with Gasteiger partial charge in [0.15, 0.2) is 23.7 Å². The Morgan fingerprint density at radius 1 is 0.906 bits per heavy atom. The Labute approximate surface area is 193 Å². The van der Waals surface area contributed by atoms with Gasteiger partial charge in [0.05, 0.1) is 11.9 Å². The molecule has 3 heterocycles. The van der Waals surface area contributed by atoms with Crippen LogP contribution in [0.25, 0.3) is 11.3 Å². The Hall–Kier alpha value is -2.85. The van der Waals surface area contributed by atoms with Gasteiger partial charge in [-0.3, -0.25) is 19.4 Å². The molecule has 3 rings (SSSR count). The van der Waals surface area contributed by atoms with E-state index in [0.29, 0.717) is 16.6 Å². The van der Waals surface area contributed by atoms with Gasteiger partial charge in [0.1, 0.15) is 10.9 Å². The maximum absolute atomic E-state index is 11.7. The summed E-state index contributed by atoms with van der Waals surface area (Å²) in [6.45, 7) is 3.71. The number of thioether (sulfide) groups is 1. The molecule has 0 spiro atoms. The Bertz CT molecular complexity index is 971. The van der Waals surface area contributed by atoms with Crippen molar-refractivity contribution in [3.05, 3.63) is 41.8 Å². The van der Waals surface area contributed by atoms with Crippen molar-refractivity contribution < 1.29 is 33.3 Å². The zero-order valence-corrected chi connectivity index (χ0v) is 19.1. The predicted molar refractivity (Wildman–Crippen MR) is 116 cm³/mol. The van der Waals surface area contributed by atoms with Crippen molar-refractivity contribution in [1.29, 1.82) is 0 Å². The highest BCUT2D eigenvalue weighted by molar-refractivity contribution is 7.99. The van der Waals surface area contributed by atoms with Gasteiger partial charge in [0.25, 0.3) is 0 Å². The molecule has 0 unspecified atom stereocenters. The van der Waals surface area contributed by atoms with Crippen molar-refractivity contribution in [2.45, 2.75) is 44.5 Å². The number of carbonyl (C=O) groups is 3. The van der Waals surface area contributed by atoms with E-state index in [-0.39, 0.29) is 5.75 Å². The van der Waals surface area contributed by atoms with Crippen molar-refractivity contribution in [1.82, 2.24) is 9.97 Å². The molecule has 1 fully saturated rings. The molecule has 1 aliphatic rings. The number of halogens is 1. The normalized spacial score (nSPS) is 22.5. The number of nitrogens with zero attached hydrogens (tertiary/aromatic N) is 2. The Morgan fingerprint density at radius 2 is 1.59 bits per heavy atom. The third-order valence-electron chi connectivity index (χ3n) is 4.32. The SMILES string of the molecule is CC(=O)O[C@@H]1[C@@H](OC(C)=O)[C@@H](Oc2ccc(-c3ccc(Cl)nc3)nc2)SC[C@H]1OC(C)=O. The molecular formula is C21H21ClN2O7S. The summed E-state index contributed by atoms with van der Waals surface area (Å²) < 4.78 is 22.0. The lowest BCUT2D eigenvalue weighted by atomic mass is 10.1. The molecule has 0 amide bonds. The number of rotatable bonds is 6. The van der Waals surface area contributed by atoms with Crippen LogP contribution in [0, 0.1) is 0 Å². The van der Waals surface area contributed by atoms with E-state index >= 15 is 0 Å². The van der Waals surface area contributed by atoms with Gasteiger partial charge in [-0.2, -0.15) is 0 Å². The second-order valence-corrected chi connectivity index (χ2v) is 8.38. The maximum atomic E-state index is 11.7. The zero-order valence-electron chi connectivity index (χ0n) is 17.5. The van der Waals surface area contributed by atoms with Gasteiger partial charge in [0.2, 0.25) is 0 Å². The van der Waals surface area contributed by atoms with Crippen molar-refractivity contribution in [3.8, 4) is 17.0 Å². The summed E-state index contributed by atoms with van der Waals surface area (Å²) in [7, 11) is 0. The Balaban J connectivity index is 1.80. The quantitative estimate of drug-likeness (QED) is 0.347. The second kappa shape index (κ2) is 10.6. The molecule has 2 aromatic rings. The van der Waals surface area contributed by atoms with Gasteiger partial charge in [0, 0.05) is 38.3 Å². The molecule has 9 nitrogen and oxygen atoms in total. The fraction of sp³-hybridized carbons (Fsp3) is 0.381. The minimum Gasteiger partial charge on any atom is -0.474 e. The molecule has 1 saturated heterocycles. The van der Waals surface area contributed by atoms with Gasteiger partial charge in [-0.05, 0) is 24.3 Å². The first-order chi connectivity index (χ1) is 15.2. The van der Waals surface area contributed by atoms with Gasteiger partial charge in [-0.1, -0.05) is 11.6 Å². The summed E-state index contributed by atoms with van der Waals surface area (Å²) in [5.41, 5.74) is 0.729. The molecule has 0 aliphatic carbocycles. The molecule has 32 heavy (non-hydrogen) atoms. The molecule has 4 atom stereocenters. The summed E-state index contributed by atoms with van der Waals surface area (Å²) in [6.07, 6.45) is 0.327. The molecule has 0 saturated carbocycles. The van der Waals surface area contributed by atoms with E-state index in [1.54, 1.807) is 30.5 Å². The monoisotopic (exact) mass is 480 g/mol. The molecule has 2 aromatic heterocycles. The third-order valence-corrected chi connectivity index (χ3v) is 5.75. The van der Waals surface area contributed by atoms with Gasteiger partial charge in [-0.15, -0.1) is 11.8 Å². The summed E-state index contributed by atoms with van der Waals surface area (Å²) in [4.78, 5) is 43.3. The van der Waals surface area contributed by atoms with Crippen molar-refractivity contribution in [3.63, 3.8) is 0 Å². The minimum atomic E-state index is -1.01. The molecule has 0 N–H and O–H groups in total. The molecule has 170 valence electrons. The number of pyridine rings is 2. The molecule has 0 aromatic carbocycles. The van der Waals surface area contributed by atoms with Crippen LogP contribution in [0.15, 0.2) is 36.7 Å². The first kappa shape index (κ1) is 23.8.